The highest BCUT2D eigenvalue weighted by atomic mass is 32.2. The Kier molecular flexibility index (Phi) is 9.92. The van der Waals surface area contributed by atoms with Crippen LogP contribution in [0.2, 0.25) is 0 Å². The molecule has 1 atom stereocenters. The average molecular weight is 536 g/mol. The summed E-state index contributed by atoms with van der Waals surface area (Å²) in [6.45, 7) is 3.30. The van der Waals surface area contributed by atoms with Crippen LogP contribution in [-0.4, -0.2) is 63.0 Å². The maximum atomic E-state index is 13.1. The first-order valence-electron chi connectivity index (χ1n) is 13.2. The summed E-state index contributed by atoms with van der Waals surface area (Å²) in [7, 11) is -1.90. The van der Waals surface area contributed by atoms with Gasteiger partial charge in [0.1, 0.15) is 6.61 Å². The topological polar surface area (TPSA) is 79.0 Å². The third-order valence-corrected chi connectivity index (χ3v) is 8.95. The zero-order valence-corrected chi connectivity index (χ0v) is 22.7. The first-order chi connectivity index (χ1) is 18.4. The van der Waals surface area contributed by atoms with Gasteiger partial charge in [0.05, 0.1) is 4.90 Å². The van der Waals surface area contributed by atoms with E-state index in [9.17, 15) is 13.2 Å². The molecular weight excluding hydrogens is 498 g/mol. The van der Waals surface area contributed by atoms with E-state index in [0.29, 0.717) is 11.4 Å². The van der Waals surface area contributed by atoms with Crippen LogP contribution in [0.1, 0.15) is 36.3 Å². The Morgan fingerprint density at radius 1 is 0.947 bits per heavy atom. The number of alkyl carbamates (subject to hydrolysis) is 1. The Balaban J connectivity index is 1.27. The predicted molar refractivity (Wildman–Crippen MR) is 149 cm³/mol. The molecule has 0 bridgehead atoms. The van der Waals surface area contributed by atoms with Gasteiger partial charge in [0.15, 0.2) is 0 Å². The van der Waals surface area contributed by atoms with Crippen LogP contribution in [0.3, 0.4) is 0 Å². The number of likely N-dealkylation sites (N-methyl/N-ethyl adjacent to an activating group) is 1. The van der Waals surface area contributed by atoms with E-state index in [1.54, 1.807) is 31.3 Å². The van der Waals surface area contributed by atoms with Gasteiger partial charge in [-0.25, -0.2) is 17.5 Å². The van der Waals surface area contributed by atoms with E-state index < -0.39 is 10.0 Å². The number of nitrogens with zero attached hydrogens (tertiary/aromatic N) is 2. The fourth-order valence-corrected chi connectivity index (χ4v) is 6.08. The van der Waals surface area contributed by atoms with Crippen molar-refractivity contribution in [3.05, 3.63) is 102 Å². The summed E-state index contributed by atoms with van der Waals surface area (Å²) in [4.78, 5) is 14.9. The number of hydrogen-bond acceptors (Lipinski definition) is 5. The van der Waals surface area contributed by atoms with Crippen LogP contribution in [0.4, 0.5) is 4.79 Å². The van der Waals surface area contributed by atoms with E-state index in [1.807, 2.05) is 54.6 Å². The second kappa shape index (κ2) is 13.6. The first kappa shape index (κ1) is 27.8. The molecule has 0 aliphatic carbocycles. The van der Waals surface area contributed by atoms with Crippen molar-refractivity contribution in [3.63, 3.8) is 0 Å². The largest absolute Gasteiger partial charge is 0.445 e. The number of sulfonamides is 1. The van der Waals surface area contributed by atoms with Crippen LogP contribution in [0.25, 0.3) is 0 Å². The molecule has 0 radical (unpaired) electrons. The van der Waals surface area contributed by atoms with Gasteiger partial charge in [-0.15, -0.1) is 0 Å². The minimum absolute atomic E-state index is 0.0727. The molecule has 1 heterocycles. The van der Waals surface area contributed by atoms with Crippen molar-refractivity contribution in [1.29, 1.82) is 0 Å². The number of hydrogen-bond donors (Lipinski definition) is 1. The minimum Gasteiger partial charge on any atom is -0.445 e. The van der Waals surface area contributed by atoms with Crippen LogP contribution >= 0.6 is 0 Å². The third-order valence-electron chi connectivity index (χ3n) is 7.12. The van der Waals surface area contributed by atoms with E-state index in [4.69, 9.17) is 4.74 Å². The zero-order valence-electron chi connectivity index (χ0n) is 21.9. The molecule has 1 saturated heterocycles. The number of nitrogens with one attached hydrogen (secondary N) is 1. The lowest BCUT2D eigenvalue weighted by Gasteiger charge is -2.33. The van der Waals surface area contributed by atoms with Crippen LogP contribution < -0.4 is 5.32 Å². The summed E-state index contributed by atoms with van der Waals surface area (Å²) < 4.78 is 33.1. The van der Waals surface area contributed by atoms with Crippen LogP contribution in [0, 0.1) is 0 Å². The number of likely N-dealkylation sites (tertiary alicyclic amines) is 1. The van der Waals surface area contributed by atoms with Gasteiger partial charge in [0.25, 0.3) is 0 Å². The second-order valence-electron chi connectivity index (χ2n) is 9.82. The van der Waals surface area contributed by atoms with Crippen LogP contribution in [0.5, 0.6) is 0 Å². The van der Waals surface area contributed by atoms with Crippen molar-refractivity contribution in [1.82, 2.24) is 14.5 Å². The molecule has 7 nitrogen and oxygen atoms in total. The molecule has 3 aromatic carbocycles. The molecule has 0 aromatic heterocycles. The van der Waals surface area contributed by atoms with E-state index in [2.05, 4.69) is 22.3 Å². The van der Waals surface area contributed by atoms with Gasteiger partial charge >= 0.3 is 6.09 Å². The van der Waals surface area contributed by atoms with Crippen molar-refractivity contribution < 1.29 is 17.9 Å². The van der Waals surface area contributed by atoms with Gasteiger partial charge < -0.3 is 15.0 Å². The number of piperidine rings is 1. The Morgan fingerprint density at radius 3 is 2.16 bits per heavy atom. The molecule has 0 saturated carbocycles. The SMILES string of the molecule is CN(C[C@H](CCN1CCC(NC(=O)OCc2ccccc2)CC1)c1ccccc1)S(=O)(=O)c1ccccc1. The first-order valence-corrected chi connectivity index (χ1v) is 14.6. The highest BCUT2D eigenvalue weighted by Gasteiger charge is 2.26. The molecule has 1 aliphatic heterocycles. The molecule has 4 rings (SSSR count). The molecule has 0 spiro atoms. The Morgan fingerprint density at radius 2 is 1.53 bits per heavy atom. The summed E-state index contributed by atoms with van der Waals surface area (Å²) in [5, 5.41) is 3.00. The smallest absolute Gasteiger partial charge is 0.407 e. The van der Waals surface area contributed by atoms with Crippen molar-refractivity contribution in [3.8, 4) is 0 Å². The highest BCUT2D eigenvalue weighted by Crippen LogP contribution is 2.25. The molecule has 1 aliphatic rings. The highest BCUT2D eigenvalue weighted by molar-refractivity contribution is 7.89. The molecule has 1 fully saturated rings. The molecule has 1 N–H and O–H groups in total. The molecule has 202 valence electrons. The predicted octanol–water partition coefficient (Wildman–Crippen LogP) is 4.87. The van der Waals surface area contributed by atoms with Crippen molar-refractivity contribution in [2.75, 3.05) is 33.2 Å². The van der Waals surface area contributed by atoms with E-state index in [1.165, 1.54) is 4.31 Å². The summed E-state index contributed by atoms with van der Waals surface area (Å²) >= 11 is 0. The van der Waals surface area contributed by atoms with Crippen molar-refractivity contribution in [2.24, 2.45) is 0 Å². The Hall–Kier alpha value is -3.20. The molecule has 1 amide bonds. The lowest BCUT2D eigenvalue weighted by molar-refractivity contribution is 0.126. The summed E-state index contributed by atoms with van der Waals surface area (Å²) in [5.74, 6) is 0.0727. The average Bonchev–Trinajstić information content (AvgIpc) is 2.96. The van der Waals surface area contributed by atoms with Gasteiger partial charge in [-0.3, -0.25) is 0 Å². The van der Waals surface area contributed by atoms with E-state index >= 15 is 0 Å². The third kappa shape index (κ3) is 7.90. The minimum atomic E-state index is -3.56. The maximum absolute atomic E-state index is 13.1. The van der Waals surface area contributed by atoms with Crippen molar-refractivity contribution >= 4 is 16.1 Å². The molecule has 38 heavy (non-hydrogen) atoms. The number of ether oxygens (including phenoxy) is 1. The van der Waals surface area contributed by atoms with E-state index in [-0.39, 0.29) is 24.7 Å². The lowest BCUT2D eigenvalue weighted by atomic mass is 9.94. The molecule has 0 unspecified atom stereocenters. The second-order valence-corrected chi connectivity index (χ2v) is 11.9. The van der Waals surface area contributed by atoms with Gasteiger partial charge in [0, 0.05) is 32.7 Å². The summed E-state index contributed by atoms with van der Waals surface area (Å²) in [5.41, 5.74) is 2.10. The standard InChI is InChI=1S/C30H37N3O4S/c1-32(38(35,36)29-15-9-4-10-16-29)23-27(26-13-7-3-8-14-26)17-20-33-21-18-28(19-22-33)31-30(34)37-24-25-11-5-2-6-12-25/h2-16,27-28H,17-24H2,1H3,(H,31,34)/t27-/m0/s1. The number of carbonyl (C=O) groups is 1. The Labute approximate surface area is 226 Å². The Bertz CT molecular complexity index is 1230. The maximum Gasteiger partial charge on any atom is 0.407 e. The summed E-state index contributed by atoms with van der Waals surface area (Å²) in [6.07, 6.45) is 2.19. The lowest BCUT2D eigenvalue weighted by Crippen LogP contribution is -2.45. The van der Waals surface area contributed by atoms with Gasteiger partial charge in [0.2, 0.25) is 10.0 Å². The number of benzene rings is 3. The molecular formula is C30H37N3O4S. The van der Waals surface area contributed by atoms with Gasteiger partial charge in [-0.2, -0.15) is 0 Å². The van der Waals surface area contributed by atoms with Gasteiger partial charge in [-0.1, -0.05) is 78.9 Å². The number of amides is 1. The fraction of sp³-hybridized carbons (Fsp3) is 0.367. The zero-order chi connectivity index (χ0) is 26.8. The van der Waals surface area contributed by atoms with Crippen molar-refractivity contribution in [2.45, 2.75) is 42.7 Å². The van der Waals surface area contributed by atoms with Crippen LogP contribution in [0.15, 0.2) is 95.9 Å². The van der Waals surface area contributed by atoms with Gasteiger partial charge in [-0.05, 0) is 55.0 Å². The number of carbonyl (C=O) groups excluding carboxylic acids is 1. The quantitative estimate of drug-likeness (QED) is 0.379. The summed E-state index contributed by atoms with van der Waals surface area (Å²) in [6, 6.07) is 28.5. The van der Waals surface area contributed by atoms with Crippen LogP contribution in [-0.2, 0) is 21.4 Å². The molecule has 8 heteroatoms. The number of rotatable bonds is 11. The monoisotopic (exact) mass is 535 g/mol. The normalized spacial score (nSPS) is 15.7. The molecule has 3 aromatic rings. The fourth-order valence-electron chi connectivity index (χ4n) is 4.84. The van der Waals surface area contributed by atoms with E-state index in [0.717, 1.165) is 50.0 Å².